The van der Waals surface area contributed by atoms with E-state index in [0.29, 0.717) is 0 Å². The number of methoxy groups -OCH3 is 2. The van der Waals surface area contributed by atoms with Crippen LogP contribution in [0.4, 0.5) is 0 Å². The summed E-state index contributed by atoms with van der Waals surface area (Å²) in [6.07, 6.45) is 1.87. The lowest BCUT2D eigenvalue weighted by Crippen LogP contribution is -1.87. The molecule has 2 aromatic rings. The Balaban J connectivity index is 2.74. The lowest BCUT2D eigenvalue weighted by Gasteiger charge is -2.05. The molecule has 0 atom stereocenters. The molecule has 0 saturated heterocycles. The normalized spacial score (nSPS) is 10.3. The van der Waals surface area contributed by atoms with Crippen molar-refractivity contribution in [3.63, 3.8) is 0 Å². The molecule has 13 heavy (non-hydrogen) atoms. The number of hydrogen-bond donors (Lipinski definition) is 1. The summed E-state index contributed by atoms with van der Waals surface area (Å²) >= 11 is 0. The Morgan fingerprint density at radius 2 is 1.69 bits per heavy atom. The number of H-pyrrole nitrogens is 1. The number of aromatic nitrogens is 1. The highest BCUT2D eigenvalue weighted by Crippen LogP contribution is 2.31. The van der Waals surface area contributed by atoms with Crippen LogP contribution in [0.5, 0.6) is 11.5 Å². The van der Waals surface area contributed by atoms with E-state index in [1.54, 1.807) is 14.2 Å². The van der Waals surface area contributed by atoms with Crippen LogP contribution in [0.3, 0.4) is 0 Å². The summed E-state index contributed by atoms with van der Waals surface area (Å²) in [7, 11) is 3.32. The summed E-state index contributed by atoms with van der Waals surface area (Å²) in [5.41, 5.74) is 0.974. The summed E-state index contributed by atoms with van der Waals surface area (Å²) in [6.45, 7) is 0. The Morgan fingerprint density at radius 1 is 1.00 bits per heavy atom. The van der Waals surface area contributed by atoms with Gasteiger partial charge in [0.1, 0.15) is 11.5 Å². The molecular formula is C10H11NO2. The van der Waals surface area contributed by atoms with Crippen LogP contribution in [0, 0.1) is 0 Å². The Bertz CT molecular complexity index is 382. The van der Waals surface area contributed by atoms with Crippen molar-refractivity contribution in [1.29, 1.82) is 0 Å². The van der Waals surface area contributed by atoms with E-state index in [1.807, 2.05) is 24.4 Å². The fourth-order valence-corrected chi connectivity index (χ4v) is 1.45. The number of nitrogens with one attached hydrogen (secondary N) is 1. The summed E-state index contributed by atoms with van der Waals surface area (Å²) < 4.78 is 10.4. The molecule has 0 unspecified atom stereocenters. The van der Waals surface area contributed by atoms with Crippen molar-refractivity contribution in [3.05, 3.63) is 24.4 Å². The van der Waals surface area contributed by atoms with Gasteiger partial charge in [0.25, 0.3) is 0 Å². The van der Waals surface area contributed by atoms with Gasteiger partial charge in [-0.15, -0.1) is 0 Å². The van der Waals surface area contributed by atoms with E-state index in [0.717, 1.165) is 22.4 Å². The summed E-state index contributed by atoms with van der Waals surface area (Å²) in [6, 6.07) is 5.75. The quantitative estimate of drug-likeness (QED) is 0.762. The zero-order valence-electron chi connectivity index (χ0n) is 7.63. The Morgan fingerprint density at radius 3 is 2.38 bits per heavy atom. The monoisotopic (exact) mass is 177 g/mol. The second-order valence-corrected chi connectivity index (χ2v) is 2.74. The van der Waals surface area contributed by atoms with Crippen molar-refractivity contribution in [3.8, 4) is 11.5 Å². The number of rotatable bonds is 2. The molecule has 0 fully saturated rings. The molecule has 0 aliphatic carbocycles. The van der Waals surface area contributed by atoms with E-state index < -0.39 is 0 Å². The number of benzene rings is 1. The van der Waals surface area contributed by atoms with Gasteiger partial charge < -0.3 is 14.5 Å². The standard InChI is InChI=1S/C10H11NO2/c1-12-8-3-4-9(13-2)10-7(8)5-6-11-10/h3-6,11H,1-2H3. The fraction of sp³-hybridized carbons (Fsp3) is 0.200. The van der Waals surface area contributed by atoms with Crippen molar-refractivity contribution >= 4 is 10.9 Å². The van der Waals surface area contributed by atoms with Gasteiger partial charge in [-0.3, -0.25) is 0 Å². The molecule has 1 aromatic carbocycles. The highest BCUT2D eigenvalue weighted by molar-refractivity contribution is 5.90. The highest BCUT2D eigenvalue weighted by Gasteiger charge is 2.06. The fourth-order valence-electron chi connectivity index (χ4n) is 1.45. The van der Waals surface area contributed by atoms with E-state index in [4.69, 9.17) is 9.47 Å². The molecule has 1 aromatic heterocycles. The van der Waals surface area contributed by atoms with Gasteiger partial charge in [-0.25, -0.2) is 0 Å². The first kappa shape index (κ1) is 7.98. The molecule has 1 heterocycles. The molecule has 0 aliphatic rings. The minimum Gasteiger partial charge on any atom is -0.496 e. The van der Waals surface area contributed by atoms with E-state index in [2.05, 4.69) is 4.98 Å². The van der Waals surface area contributed by atoms with Gasteiger partial charge in [0, 0.05) is 11.6 Å². The van der Waals surface area contributed by atoms with Gasteiger partial charge in [-0.05, 0) is 18.2 Å². The largest absolute Gasteiger partial charge is 0.496 e. The lowest BCUT2D eigenvalue weighted by molar-refractivity contribution is 0.410. The molecule has 0 aliphatic heterocycles. The van der Waals surface area contributed by atoms with Crippen LogP contribution in [0.1, 0.15) is 0 Å². The topological polar surface area (TPSA) is 34.2 Å². The molecule has 0 amide bonds. The second-order valence-electron chi connectivity index (χ2n) is 2.74. The van der Waals surface area contributed by atoms with Crippen LogP contribution in [0.2, 0.25) is 0 Å². The van der Waals surface area contributed by atoms with E-state index in [9.17, 15) is 0 Å². The molecule has 68 valence electrons. The smallest absolute Gasteiger partial charge is 0.143 e. The average molecular weight is 177 g/mol. The molecule has 0 radical (unpaired) electrons. The third-order valence-electron chi connectivity index (χ3n) is 2.08. The number of aromatic amines is 1. The molecule has 3 heteroatoms. The minimum atomic E-state index is 0.834. The van der Waals surface area contributed by atoms with Gasteiger partial charge in [0.15, 0.2) is 0 Å². The molecule has 0 saturated carbocycles. The summed E-state index contributed by atoms with van der Waals surface area (Å²) in [5, 5.41) is 1.04. The van der Waals surface area contributed by atoms with E-state index >= 15 is 0 Å². The third-order valence-corrected chi connectivity index (χ3v) is 2.08. The van der Waals surface area contributed by atoms with Crippen molar-refractivity contribution in [2.24, 2.45) is 0 Å². The third kappa shape index (κ3) is 1.13. The SMILES string of the molecule is COc1ccc(OC)c2[nH]ccc12. The molecule has 0 spiro atoms. The number of ether oxygens (including phenoxy) is 2. The first-order chi connectivity index (χ1) is 6.36. The Kier molecular flexibility index (Phi) is 1.85. The number of hydrogen-bond acceptors (Lipinski definition) is 2. The van der Waals surface area contributed by atoms with Gasteiger partial charge in [-0.2, -0.15) is 0 Å². The first-order valence-corrected chi connectivity index (χ1v) is 4.05. The van der Waals surface area contributed by atoms with Crippen LogP contribution in [-0.4, -0.2) is 19.2 Å². The molecule has 2 rings (SSSR count). The van der Waals surface area contributed by atoms with Crippen molar-refractivity contribution in [2.75, 3.05) is 14.2 Å². The highest BCUT2D eigenvalue weighted by atomic mass is 16.5. The zero-order chi connectivity index (χ0) is 9.26. The Hall–Kier alpha value is -1.64. The summed E-state index contributed by atoms with van der Waals surface area (Å²) in [4.78, 5) is 3.11. The average Bonchev–Trinajstić information content (AvgIpc) is 2.64. The van der Waals surface area contributed by atoms with Crippen molar-refractivity contribution in [1.82, 2.24) is 4.98 Å². The predicted octanol–water partition coefficient (Wildman–Crippen LogP) is 2.19. The second kappa shape index (κ2) is 3.01. The predicted molar refractivity (Wildman–Crippen MR) is 51.4 cm³/mol. The van der Waals surface area contributed by atoms with E-state index in [1.165, 1.54) is 0 Å². The minimum absolute atomic E-state index is 0.834. The van der Waals surface area contributed by atoms with Crippen LogP contribution >= 0.6 is 0 Å². The molecule has 3 nitrogen and oxygen atoms in total. The molecule has 1 N–H and O–H groups in total. The number of fused-ring (bicyclic) bond motifs is 1. The first-order valence-electron chi connectivity index (χ1n) is 4.05. The van der Waals surface area contributed by atoms with Crippen molar-refractivity contribution < 1.29 is 9.47 Å². The summed E-state index contributed by atoms with van der Waals surface area (Å²) in [5.74, 6) is 1.69. The van der Waals surface area contributed by atoms with Gasteiger partial charge in [0.2, 0.25) is 0 Å². The van der Waals surface area contributed by atoms with Crippen molar-refractivity contribution in [2.45, 2.75) is 0 Å². The maximum atomic E-state index is 5.21. The Labute approximate surface area is 76.3 Å². The zero-order valence-corrected chi connectivity index (χ0v) is 7.63. The van der Waals surface area contributed by atoms with Crippen LogP contribution in [0.15, 0.2) is 24.4 Å². The van der Waals surface area contributed by atoms with Gasteiger partial charge in [-0.1, -0.05) is 0 Å². The van der Waals surface area contributed by atoms with E-state index in [-0.39, 0.29) is 0 Å². The molecule has 0 bridgehead atoms. The van der Waals surface area contributed by atoms with Crippen LogP contribution in [-0.2, 0) is 0 Å². The maximum absolute atomic E-state index is 5.21. The van der Waals surface area contributed by atoms with Gasteiger partial charge >= 0.3 is 0 Å². The van der Waals surface area contributed by atoms with Gasteiger partial charge in [0.05, 0.1) is 19.7 Å². The van der Waals surface area contributed by atoms with Crippen LogP contribution < -0.4 is 9.47 Å². The maximum Gasteiger partial charge on any atom is 0.143 e. The van der Waals surface area contributed by atoms with Crippen LogP contribution in [0.25, 0.3) is 10.9 Å². The lowest BCUT2D eigenvalue weighted by atomic mass is 10.2. The molecular weight excluding hydrogens is 166 g/mol.